The summed E-state index contributed by atoms with van der Waals surface area (Å²) < 4.78 is 6.66. The molecule has 110 valence electrons. The lowest BCUT2D eigenvalue weighted by atomic mass is 10.2. The predicted molar refractivity (Wildman–Crippen MR) is 86.0 cm³/mol. The maximum absolute atomic E-state index is 11.7. The molecule has 0 aliphatic heterocycles. The van der Waals surface area contributed by atoms with E-state index in [2.05, 4.69) is 4.98 Å². The minimum Gasteiger partial charge on any atom is -0.466 e. The van der Waals surface area contributed by atoms with Crippen LogP contribution in [0.2, 0.25) is 0 Å². The van der Waals surface area contributed by atoms with Crippen molar-refractivity contribution in [3.8, 4) is 0 Å². The van der Waals surface area contributed by atoms with Gasteiger partial charge in [-0.3, -0.25) is 4.98 Å². The summed E-state index contributed by atoms with van der Waals surface area (Å²) in [6, 6.07) is 11.3. The molecule has 5 heteroatoms. The molecular formula is C17H15N3O2. The first-order valence-corrected chi connectivity index (χ1v) is 6.76. The average molecular weight is 293 g/mol. The Morgan fingerprint density at radius 3 is 2.86 bits per heavy atom. The van der Waals surface area contributed by atoms with E-state index < -0.39 is 5.97 Å². The van der Waals surface area contributed by atoms with Crippen molar-refractivity contribution in [3.05, 3.63) is 66.6 Å². The number of hydrogen-bond donors (Lipinski definition) is 1. The van der Waals surface area contributed by atoms with Crippen molar-refractivity contribution < 1.29 is 9.53 Å². The van der Waals surface area contributed by atoms with Crippen molar-refractivity contribution in [1.82, 2.24) is 9.55 Å². The standard InChI is InChI=1S/C17H15N3O2/c1-22-17(21)10-16(12-4-3-8-19-11-12)20-9-7-13-14(18)5-2-6-15(13)20/h2-11H,18H2,1H3/b16-10-. The fourth-order valence-corrected chi connectivity index (χ4v) is 2.38. The van der Waals surface area contributed by atoms with Gasteiger partial charge in [-0.2, -0.15) is 0 Å². The van der Waals surface area contributed by atoms with Crippen LogP contribution in [0.25, 0.3) is 16.6 Å². The highest BCUT2D eigenvalue weighted by atomic mass is 16.5. The largest absolute Gasteiger partial charge is 0.466 e. The topological polar surface area (TPSA) is 70.1 Å². The Hall–Kier alpha value is -3.08. The van der Waals surface area contributed by atoms with Crippen LogP contribution in [0.4, 0.5) is 5.69 Å². The van der Waals surface area contributed by atoms with Gasteiger partial charge >= 0.3 is 5.97 Å². The lowest BCUT2D eigenvalue weighted by Crippen LogP contribution is -2.03. The summed E-state index contributed by atoms with van der Waals surface area (Å²) in [7, 11) is 1.35. The minimum atomic E-state index is -0.426. The van der Waals surface area contributed by atoms with Crippen LogP contribution in [0.15, 0.2) is 61.1 Å². The zero-order valence-corrected chi connectivity index (χ0v) is 12.1. The molecule has 0 bridgehead atoms. The molecule has 0 spiro atoms. The summed E-state index contributed by atoms with van der Waals surface area (Å²) in [6.07, 6.45) is 6.71. The summed E-state index contributed by atoms with van der Waals surface area (Å²) >= 11 is 0. The predicted octanol–water partition coefficient (Wildman–Crippen LogP) is 2.68. The second-order valence-corrected chi connectivity index (χ2v) is 4.76. The molecule has 2 aromatic heterocycles. The van der Waals surface area contributed by atoms with Gasteiger partial charge in [-0.25, -0.2) is 4.79 Å². The highest BCUT2D eigenvalue weighted by Gasteiger charge is 2.11. The number of nitrogens with two attached hydrogens (primary N) is 1. The fourth-order valence-electron chi connectivity index (χ4n) is 2.38. The second-order valence-electron chi connectivity index (χ2n) is 4.76. The highest BCUT2D eigenvalue weighted by Crippen LogP contribution is 2.27. The number of esters is 1. The van der Waals surface area contributed by atoms with Gasteiger partial charge in [-0.05, 0) is 30.3 Å². The van der Waals surface area contributed by atoms with E-state index in [1.165, 1.54) is 13.2 Å². The number of rotatable bonds is 3. The van der Waals surface area contributed by atoms with Crippen molar-refractivity contribution in [2.75, 3.05) is 12.8 Å². The molecule has 0 aliphatic carbocycles. The molecule has 0 unspecified atom stereocenters. The van der Waals surface area contributed by atoms with Crippen LogP contribution in [-0.4, -0.2) is 22.6 Å². The van der Waals surface area contributed by atoms with Crippen LogP contribution in [0.1, 0.15) is 5.56 Å². The quantitative estimate of drug-likeness (QED) is 0.458. The monoisotopic (exact) mass is 293 g/mol. The number of pyridine rings is 1. The fraction of sp³-hybridized carbons (Fsp3) is 0.0588. The Morgan fingerprint density at radius 2 is 2.14 bits per heavy atom. The molecule has 5 nitrogen and oxygen atoms in total. The normalized spacial score (nSPS) is 11.6. The molecule has 2 heterocycles. The van der Waals surface area contributed by atoms with Crippen molar-refractivity contribution >= 4 is 28.3 Å². The van der Waals surface area contributed by atoms with Crippen LogP contribution in [0.3, 0.4) is 0 Å². The Kier molecular flexibility index (Phi) is 3.62. The van der Waals surface area contributed by atoms with Gasteiger partial charge in [-0.1, -0.05) is 6.07 Å². The summed E-state index contributed by atoms with van der Waals surface area (Å²) in [4.78, 5) is 15.9. The molecule has 2 N–H and O–H groups in total. The summed E-state index contributed by atoms with van der Waals surface area (Å²) in [5, 5.41) is 0.933. The van der Waals surface area contributed by atoms with E-state index in [0.29, 0.717) is 11.4 Å². The third-order valence-corrected chi connectivity index (χ3v) is 3.44. The maximum atomic E-state index is 11.7. The van der Waals surface area contributed by atoms with Crippen molar-refractivity contribution in [3.63, 3.8) is 0 Å². The molecule has 3 rings (SSSR count). The number of ether oxygens (including phenoxy) is 1. The average Bonchev–Trinajstić information content (AvgIpc) is 2.98. The zero-order valence-electron chi connectivity index (χ0n) is 12.1. The number of nitrogens with zero attached hydrogens (tertiary/aromatic N) is 2. The molecule has 1 aromatic carbocycles. The first kappa shape index (κ1) is 13.9. The van der Waals surface area contributed by atoms with Gasteiger partial charge in [0.2, 0.25) is 0 Å². The van der Waals surface area contributed by atoms with E-state index in [1.807, 2.05) is 47.2 Å². The molecule has 0 radical (unpaired) electrons. The second kappa shape index (κ2) is 5.73. The van der Waals surface area contributed by atoms with Gasteiger partial charge < -0.3 is 15.0 Å². The molecule has 0 saturated carbocycles. The van der Waals surface area contributed by atoms with Gasteiger partial charge in [0.15, 0.2) is 0 Å². The van der Waals surface area contributed by atoms with E-state index >= 15 is 0 Å². The first-order chi connectivity index (χ1) is 10.7. The van der Waals surface area contributed by atoms with Crippen LogP contribution in [0, 0.1) is 0 Å². The number of fused-ring (bicyclic) bond motifs is 1. The molecule has 0 amide bonds. The number of nitrogen functional groups attached to an aromatic ring is 1. The van der Waals surface area contributed by atoms with E-state index in [1.54, 1.807) is 12.4 Å². The molecule has 0 saturated heterocycles. The number of hydrogen-bond acceptors (Lipinski definition) is 4. The number of carbonyl (C=O) groups is 1. The van der Waals surface area contributed by atoms with Crippen LogP contribution in [0.5, 0.6) is 0 Å². The van der Waals surface area contributed by atoms with Gasteiger partial charge in [-0.15, -0.1) is 0 Å². The minimum absolute atomic E-state index is 0.426. The molecule has 0 aliphatic rings. The van der Waals surface area contributed by atoms with E-state index in [9.17, 15) is 4.79 Å². The third-order valence-electron chi connectivity index (χ3n) is 3.44. The Morgan fingerprint density at radius 1 is 1.27 bits per heavy atom. The van der Waals surface area contributed by atoms with Crippen molar-refractivity contribution in [2.45, 2.75) is 0 Å². The number of aromatic nitrogens is 2. The maximum Gasteiger partial charge on any atom is 0.332 e. The highest BCUT2D eigenvalue weighted by molar-refractivity contribution is 5.97. The van der Waals surface area contributed by atoms with E-state index in [4.69, 9.17) is 10.5 Å². The first-order valence-electron chi connectivity index (χ1n) is 6.76. The van der Waals surface area contributed by atoms with Gasteiger partial charge in [0.25, 0.3) is 0 Å². The van der Waals surface area contributed by atoms with Crippen LogP contribution < -0.4 is 5.73 Å². The van der Waals surface area contributed by atoms with Gasteiger partial charge in [0.1, 0.15) is 0 Å². The summed E-state index contributed by atoms with van der Waals surface area (Å²) in [5.74, 6) is -0.426. The Balaban J connectivity index is 2.23. The molecule has 0 fully saturated rings. The number of methoxy groups -OCH3 is 1. The Labute approximate surface area is 127 Å². The zero-order chi connectivity index (χ0) is 15.5. The third kappa shape index (κ3) is 2.44. The lowest BCUT2D eigenvalue weighted by molar-refractivity contribution is -0.134. The van der Waals surface area contributed by atoms with Crippen molar-refractivity contribution in [1.29, 1.82) is 0 Å². The van der Waals surface area contributed by atoms with Gasteiger partial charge in [0, 0.05) is 41.3 Å². The van der Waals surface area contributed by atoms with Gasteiger partial charge in [0.05, 0.1) is 18.3 Å². The van der Waals surface area contributed by atoms with Crippen molar-refractivity contribution in [2.24, 2.45) is 0 Å². The summed E-state index contributed by atoms with van der Waals surface area (Å²) in [6.45, 7) is 0. The number of benzene rings is 1. The van der Waals surface area contributed by atoms with Crippen LogP contribution >= 0.6 is 0 Å². The van der Waals surface area contributed by atoms with Crippen LogP contribution in [-0.2, 0) is 9.53 Å². The number of anilines is 1. The van der Waals surface area contributed by atoms with E-state index in [-0.39, 0.29) is 0 Å². The molecule has 3 aromatic rings. The number of carbonyl (C=O) groups excluding carboxylic acids is 1. The van der Waals surface area contributed by atoms with E-state index in [0.717, 1.165) is 16.5 Å². The molecule has 0 atom stereocenters. The summed E-state index contributed by atoms with van der Waals surface area (Å²) in [5.41, 5.74) is 9.10. The molecule has 22 heavy (non-hydrogen) atoms. The SMILES string of the molecule is COC(=O)/C=C(/c1cccnc1)n1ccc2c(N)cccc21. The molecular weight excluding hydrogens is 278 g/mol. The Bertz CT molecular complexity index is 851. The smallest absolute Gasteiger partial charge is 0.332 e. The lowest BCUT2D eigenvalue weighted by Gasteiger charge is -2.11.